The number of benzene rings is 2. The highest BCUT2D eigenvalue weighted by atomic mass is 19.3. The lowest BCUT2D eigenvalue weighted by atomic mass is 9.84. The third kappa shape index (κ3) is 6.26. The maximum Gasteiger partial charge on any atom is 0.248 e. The summed E-state index contributed by atoms with van der Waals surface area (Å²) in [5.74, 6) is -1.67. The van der Waals surface area contributed by atoms with E-state index in [1.807, 2.05) is 29.2 Å². The minimum Gasteiger partial charge on any atom is -0.496 e. The highest BCUT2D eigenvalue weighted by Crippen LogP contribution is 2.40. The lowest BCUT2D eigenvalue weighted by Gasteiger charge is -2.34. The third-order valence-corrected chi connectivity index (χ3v) is 7.83. The number of hydrogen-bond acceptors (Lipinski definition) is 3. The second-order valence-electron chi connectivity index (χ2n) is 11.5. The van der Waals surface area contributed by atoms with E-state index in [1.54, 1.807) is 7.11 Å². The molecule has 0 aromatic heterocycles. The molecule has 2 aromatic carbocycles. The molecule has 6 heteroatoms. The first kappa shape index (κ1) is 26.6. The van der Waals surface area contributed by atoms with Crippen molar-refractivity contribution in [2.75, 3.05) is 7.11 Å². The first-order valence-corrected chi connectivity index (χ1v) is 13.2. The SMILES string of the molecule is COc1ccc(C(C)(C)C)cc1CNC1CCC(c2ccccc2)N1C(=O)CC1CCC(F)(F)CC1. The van der Waals surface area contributed by atoms with E-state index < -0.39 is 5.92 Å². The Morgan fingerprint density at radius 1 is 1.06 bits per heavy atom. The van der Waals surface area contributed by atoms with Crippen molar-refractivity contribution in [1.82, 2.24) is 10.2 Å². The van der Waals surface area contributed by atoms with Gasteiger partial charge in [-0.2, -0.15) is 0 Å². The van der Waals surface area contributed by atoms with E-state index in [-0.39, 0.29) is 42.3 Å². The van der Waals surface area contributed by atoms with Gasteiger partial charge in [0.2, 0.25) is 11.8 Å². The van der Waals surface area contributed by atoms with Crippen molar-refractivity contribution in [3.05, 3.63) is 65.2 Å². The van der Waals surface area contributed by atoms with Gasteiger partial charge in [-0.25, -0.2) is 8.78 Å². The summed E-state index contributed by atoms with van der Waals surface area (Å²) >= 11 is 0. The highest BCUT2D eigenvalue weighted by Gasteiger charge is 2.40. The summed E-state index contributed by atoms with van der Waals surface area (Å²) in [6.45, 7) is 7.15. The first-order valence-electron chi connectivity index (χ1n) is 13.2. The molecular formula is C30H40F2N2O2. The summed E-state index contributed by atoms with van der Waals surface area (Å²) in [4.78, 5) is 15.7. The Hall–Kier alpha value is -2.47. The molecule has 0 spiro atoms. The van der Waals surface area contributed by atoms with Crippen molar-refractivity contribution in [3.8, 4) is 5.75 Å². The predicted octanol–water partition coefficient (Wildman–Crippen LogP) is 6.99. The van der Waals surface area contributed by atoms with Gasteiger partial charge >= 0.3 is 0 Å². The van der Waals surface area contributed by atoms with Crippen molar-refractivity contribution in [2.24, 2.45) is 5.92 Å². The van der Waals surface area contributed by atoms with Gasteiger partial charge in [-0.3, -0.25) is 10.1 Å². The van der Waals surface area contributed by atoms with Crippen LogP contribution in [-0.4, -0.2) is 30.0 Å². The van der Waals surface area contributed by atoms with Crippen molar-refractivity contribution in [1.29, 1.82) is 0 Å². The van der Waals surface area contributed by atoms with Crippen LogP contribution >= 0.6 is 0 Å². The number of carbonyl (C=O) groups is 1. The zero-order valence-electron chi connectivity index (χ0n) is 22.0. The van der Waals surface area contributed by atoms with E-state index in [4.69, 9.17) is 4.74 Å². The topological polar surface area (TPSA) is 41.6 Å². The van der Waals surface area contributed by atoms with Gasteiger partial charge in [-0.15, -0.1) is 0 Å². The maximum atomic E-state index is 13.7. The average molecular weight is 499 g/mol. The fourth-order valence-corrected chi connectivity index (χ4v) is 5.63. The Bertz CT molecular complexity index is 1020. The van der Waals surface area contributed by atoms with Crippen LogP contribution in [0.4, 0.5) is 8.78 Å². The minimum absolute atomic E-state index is 0.0102. The summed E-state index contributed by atoms with van der Waals surface area (Å²) in [5.41, 5.74) is 3.44. The Balaban J connectivity index is 1.52. The molecule has 1 heterocycles. The van der Waals surface area contributed by atoms with E-state index in [9.17, 15) is 13.6 Å². The van der Waals surface area contributed by atoms with Gasteiger partial charge in [0.1, 0.15) is 5.75 Å². The molecule has 4 rings (SSSR count). The molecule has 0 radical (unpaired) electrons. The molecule has 1 saturated heterocycles. The fourth-order valence-electron chi connectivity index (χ4n) is 5.63. The molecule has 1 aliphatic heterocycles. The Morgan fingerprint density at radius 2 is 1.75 bits per heavy atom. The lowest BCUT2D eigenvalue weighted by molar-refractivity contribution is -0.137. The summed E-state index contributed by atoms with van der Waals surface area (Å²) < 4.78 is 33.0. The van der Waals surface area contributed by atoms with Crippen LogP contribution < -0.4 is 10.1 Å². The van der Waals surface area contributed by atoms with Crippen LogP contribution in [0.15, 0.2) is 48.5 Å². The van der Waals surface area contributed by atoms with Gasteiger partial charge in [-0.05, 0) is 54.2 Å². The zero-order chi connectivity index (χ0) is 25.9. The lowest BCUT2D eigenvalue weighted by Crippen LogP contribution is -2.46. The van der Waals surface area contributed by atoms with Crippen LogP contribution in [0, 0.1) is 5.92 Å². The molecule has 2 aromatic rings. The van der Waals surface area contributed by atoms with Crippen LogP contribution in [-0.2, 0) is 16.8 Å². The molecule has 1 saturated carbocycles. The number of amides is 1. The highest BCUT2D eigenvalue weighted by molar-refractivity contribution is 5.77. The van der Waals surface area contributed by atoms with Crippen molar-refractivity contribution >= 4 is 5.91 Å². The van der Waals surface area contributed by atoms with Crippen LogP contribution in [0.3, 0.4) is 0 Å². The van der Waals surface area contributed by atoms with Gasteiger partial charge in [0.25, 0.3) is 0 Å². The monoisotopic (exact) mass is 498 g/mol. The van der Waals surface area contributed by atoms with Crippen molar-refractivity contribution < 1.29 is 18.3 Å². The van der Waals surface area contributed by atoms with Crippen LogP contribution in [0.1, 0.15) is 88.4 Å². The first-order chi connectivity index (χ1) is 17.1. The normalized spacial score (nSPS) is 22.6. The number of halogens is 2. The average Bonchev–Trinajstić information content (AvgIpc) is 3.28. The Labute approximate surface area is 214 Å². The molecule has 1 amide bonds. The van der Waals surface area contributed by atoms with Crippen molar-refractivity contribution in [2.45, 2.75) is 95.8 Å². The Morgan fingerprint density at radius 3 is 2.39 bits per heavy atom. The maximum absolute atomic E-state index is 13.7. The molecule has 1 N–H and O–H groups in total. The molecule has 196 valence electrons. The fraction of sp³-hybridized carbons (Fsp3) is 0.567. The number of ether oxygens (including phenoxy) is 1. The van der Waals surface area contributed by atoms with Crippen LogP contribution in [0.5, 0.6) is 5.75 Å². The van der Waals surface area contributed by atoms with E-state index in [2.05, 4.69) is 50.4 Å². The van der Waals surface area contributed by atoms with Gasteiger partial charge in [-0.1, -0.05) is 63.2 Å². The second kappa shape index (κ2) is 10.9. The van der Waals surface area contributed by atoms with E-state index >= 15 is 0 Å². The number of alkyl halides is 2. The Kier molecular flexibility index (Phi) is 8.03. The van der Waals surface area contributed by atoms with E-state index in [1.165, 1.54) is 5.56 Å². The molecule has 4 nitrogen and oxygen atoms in total. The predicted molar refractivity (Wildman–Crippen MR) is 139 cm³/mol. The largest absolute Gasteiger partial charge is 0.496 e. The molecule has 2 fully saturated rings. The summed E-state index contributed by atoms with van der Waals surface area (Å²) in [7, 11) is 1.68. The van der Waals surface area contributed by atoms with Gasteiger partial charge in [0.05, 0.1) is 19.3 Å². The zero-order valence-corrected chi connectivity index (χ0v) is 22.0. The van der Waals surface area contributed by atoms with Crippen molar-refractivity contribution in [3.63, 3.8) is 0 Å². The third-order valence-electron chi connectivity index (χ3n) is 7.83. The number of nitrogens with one attached hydrogen (secondary N) is 1. The number of nitrogens with zero attached hydrogens (tertiary/aromatic N) is 1. The quantitative estimate of drug-likeness (QED) is 0.447. The van der Waals surface area contributed by atoms with Gasteiger partial charge in [0.15, 0.2) is 0 Å². The smallest absolute Gasteiger partial charge is 0.248 e. The number of carbonyl (C=O) groups excluding carboxylic acids is 1. The molecular weight excluding hydrogens is 458 g/mol. The standard InChI is InChI=1S/C30H40F2N2O2/c1-29(2,3)24-10-12-26(36-4)23(19-24)20-33-27-13-11-25(22-8-6-5-7-9-22)34(27)28(35)18-21-14-16-30(31,32)17-15-21/h5-10,12,19,21,25,27,33H,11,13-18,20H2,1-4H3. The van der Waals surface area contributed by atoms with Crippen LogP contribution in [0.2, 0.25) is 0 Å². The van der Waals surface area contributed by atoms with Gasteiger partial charge < -0.3 is 9.64 Å². The van der Waals surface area contributed by atoms with Crippen LogP contribution in [0.25, 0.3) is 0 Å². The number of methoxy groups -OCH3 is 1. The molecule has 1 aliphatic carbocycles. The molecule has 0 bridgehead atoms. The second-order valence-corrected chi connectivity index (χ2v) is 11.5. The summed E-state index contributed by atoms with van der Waals surface area (Å²) in [5, 5.41) is 3.64. The number of likely N-dealkylation sites (tertiary alicyclic amines) is 1. The molecule has 2 atom stereocenters. The van der Waals surface area contributed by atoms with Gasteiger partial charge in [0, 0.05) is 31.4 Å². The summed E-state index contributed by atoms with van der Waals surface area (Å²) in [6.07, 6.45) is 2.54. The number of rotatable bonds is 7. The van der Waals surface area contributed by atoms with E-state index in [0.29, 0.717) is 25.8 Å². The van der Waals surface area contributed by atoms with E-state index in [0.717, 1.165) is 29.7 Å². The number of hydrogen-bond donors (Lipinski definition) is 1. The molecule has 2 aliphatic rings. The molecule has 36 heavy (non-hydrogen) atoms. The summed E-state index contributed by atoms with van der Waals surface area (Å²) in [6, 6.07) is 16.4. The molecule has 2 unspecified atom stereocenters. The minimum atomic E-state index is -2.58.